The topological polar surface area (TPSA) is 55.8 Å². The van der Waals surface area contributed by atoms with Crippen molar-refractivity contribution in [2.24, 2.45) is 0 Å². The van der Waals surface area contributed by atoms with Crippen LogP contribution in [0.4, 0.5) is 4.79 Å². The molecule has 0 saturated carbocycles. The fourth-order valence-electron chi connectivity index (χ4n) is 2.69. The first-order chi connectivity index (χ1) is 12.4. The Balaban J connectivity index is 1.69. The Bertz CT molecular complexity index is 866. The van der Waals surface area contributed by atoms with Crippen molar-refractivity contribution in [1.82, 2.24) is 0 Å². The molecule has 1 N–H and O–H groups in total. The average molecular weight is 348 g/mol. The molecule has 0 aromatic heterocycles. The van der Waals surface area contributed by atoms with Gasteiger partial charge in [-0.3, -0.25) is 0 Å². The lowest BCUT2D eigenvalue weighted by atomic mass is 9.78. The number of para-hydroxylation sites is 1. The highest BCUT2D eigenvalue weighted by molar-refractivity contribution is 5.67. The van der Waals surface area contributed by atoms with Gasteiger partial charge in [0, 0.05) is 5.41 Å². The van der Waals surface area contributed by atoms with Crippen molar-refractivity contribution in [2.45, 2.75) is 19.3 Å². The lowest BCUT2D eigenvalue weighted by Crippen LogP contribution is -2.19. The molecule has 0 radical (unpaired) electrons. The maximum Gasteiger partial charge on any atom is 0.519 e. The van der Waals surface area contributed by atoms with Gasteiger partial charge in [-0.25, -0.2) is 4.79 Å². The van der Waals surface area contributed by atoms with E-state index < -0.39 is 6.16 Å². The molecule has 0 aliphatic carbocycles. The first kappa shape index (κ1) is 17.5. The van der Waals surface area contributed by atoms with E-state index in [9.17, 15) is 9.90 Å². The van der Waals surface area contributed by atoms with Crippen LogP contribution in [0.1, 0.15) is 25.0 Å². The number of benzene rings is 3. The number of phenols is 1. The lowest BCUT2D eigenvalue weighted by Gasteiger charge is -2.26. The zero-order valence-electron chi connectivity index (χ0n) is 14.7. The number of rotatable bonds is 4. The van der Waals surface area contributed by atoms with Crippen LogP contribution in [0.2, 0.25) is 0 Å². The summed E-state index contributed by atoms with van der Waals surface area (Å²) in [5.41, 5.74) is 1.89. The molecule has 0 fully saturated rings. The molecule has 26 heavy (non-hydrogen) atoms. The Morgan fingerprint density at radius 1 is 0.731 bits per heavy atom. The molecular formula is C22H20O4. The molecule has 0 amide bonds. The van der Waals surface area contributed by atoms with Gasteiger partial charge in [0.2, 0.25) is 0 Å². The van der Waals surface area contributed by atoms with Crippen LogP contribution < -0.4 is 9.47 Å². The van der Waals surface area contributed by atoms with Crippen LogP contribution in [0.3, 0.4) is 0 Å². The molecule has 0 saturated heterocycles. The van der Waals surface area contributed by atoms with Gasteiger partial charge in [-0.05, 0) is 47.5 Å². The summed E-state index contributed by atoms with van der Waals surface area (Å²) in [6.45, 7) is 4.19. The summed E-state index contributed by atoms with van der Waals surface area (Å²) < 4.78 is 10.3. The van der Waals surface area contributed by atoms with Crippen molar-refractivity contribution in [3.05, 3.63) is 90.0 Å². The van der Waals surface area contributed by atoms with Gasteiger partial charge < -0.3 is 14.6 Å². The average Bonchev–Trinajstić information content (AvgIpc) is 2.63. The van der Waals surface area contributed by atoms with Crippen LogP contribution in [0.5, 0.6) is 17.2 Å². The summed E-state index contributed by atoms with van der Waals surface area (Å²) in [6, 6.07) is 23.2. The minimum atomic E-state index is -0.776. The molecule has 3 aromatic carbocycles. The third kappa shape index (κ3) is 4.03. The quantitative estimate of drug-likeness (QED) is 0.514. The van der Waals surface area contributed by atoms with Crippen molar-refractivity contribution in [3.8, 4) is 17.2 Å². The normalized spacial score (nSPS) is 11.0. The number of hydrogen-bond donors (Lipinski definition) is 1. The first-order valence-electron chi connectivity index (χ1n) is 8.30. The van der Waals surface area contributed by atoms with E-state index in [-0.39, 0.29) is 11.2 Å². The van der Waals surface area contributed by atoms with Gasteiger partial charge >= 0.3 is 6.16 Å². The van der Waals surface area contributed by atoms with E-state index in [1.807, 2.05) is 30.3 Å². The highest BCUT2D eigenvalue weighted by atomic mass is 16.7. The van der Waals surface area contributed by atoms with Crippen molar-refractivity contribution in [1.29, 1.82) is 0 Å². The second kappa shape index (κ2) is 7.31. The number of carbonyl (C=O) groups excluding carboxylic acids is 1. The Morgan fingerprint density at radius 3 is 1.73 bits per heavy atom. The molecule has 3 rings (SSSR count). The van der Waals surface area contributed by atoms with Crippen LogP contribution in [-0.2, 0) is 5.41 Å². The number of ether oxygens (including phenoxy) is 2. The molecular weight excluding hydrogens is 328 g/mol. The third-order valence-corrected chi connectivity index (χ3v) is 4.31. The van der Waals surface area contributed by atoms with Gasteiger partial charge in [0.25, 0.3) is 0 Å². The third-order valence-electron chi connectivity index (χ3n) is 4.31. The van der Waals surface area contributed by atoms with Crippen molar-refractivity contribution in [2.75, 3.05) is 0 Å². The summed E-state index contributed by atoms with van der Waals surface area (Å²) in [7, 11) is 0. The minimum absolute atomic E-state index is 0.241. The second-order valence-corrected chi connectivity index (χ2v) is 6.46. The van der Waals surface area contributed by atoms with E-state index in [0.717, 1.165) is 11.1 Å². The standard InChI is InChI=1S/C22H20O4/c1-22(2,16-8-12-18(23)13-9-16)17-10-14-20(15-11-17)26-21(24)25-19-6-4-3-5-7-19/h3-15,23H,1-2H3. The van der Waals surface area contributed by atoms with E-state index >= 15 is 0 Å². The van der Waals surface area contributed by atoms with Crippen LogP contribution in [0, 0.1) is 0 Å². The van der Waals surface area contributed by atoms with Crippen LogP contribution in [-0.4, -0.2) is 11.3 Å². The summed E-state index contributed by atoms with van der Waals surface area (Å²) in [6.07, 6.45) is -0.776. The van der Waals surface area contributed by atoms with Crippen molar-refractivity contribution >= 4 is 6.16 Å². The lowest BCUT2D eigenvalue weighted by molar-refractivity contribution is 0.152. The largest absolute Gasteiger partial charge is 0.519 e. The van der Waals surface area contributed by atoms with Gasteiger partial charge in [0.15, 0.2) is 0 Å². The molecule has 0 heterocycles. The van der Waals surface area contributed by atoms with Crippen LogP contribution >= 0.6 is 0 Å². The zero-order chi connectivity index (χ0) is 18.6. The van der Waals surface area contributed by atoms with Gasteiger partial charge in [-0.15, -0.1) is 0 Å². The van der Waals surface area contributed by atoms with Crippen molar-refractivity contribution < 1.29 is 19.4 Å². The number of hydrogen-bond acceptors (Lipinski definition) is 4. The van der Waals surface area contributed by atoms with Gasteiger partial charge in [-0.1, -0.05) is 56.3 Å². The molecule has 0 bridgehead atoms. The molecule has 0 aliphatic rings. The summed E-state index contributed by atoms with van der Waals surface area (Å²) in [4.78, 5) is 11.8. The van der Waals surface area contributed by atoms with E-state index in [0.29, 0.717) is 11.5 Å². The molecule has 4 nitrogen and oxygen atoms in total. The summed E-state index contributed by atoms with van der Waals surface area (Å²) in [5, 5.41) is 9.46. The highest BCUT2D eigenvalue weighted by Crippen LogP contribution is 2.33. The Hall–Kier alpha value is -3.27. The number of phenolic OH excluding ortho intramolecular Hbond substituents is 1. The number of aromatic hydroxyl groups is 1. The van der Waals surface area contributed by atoms with Gasteiger partial charge in [-0.2, -0.15) is 0 Å². The SMILES string of the molecule is CC(C)(c1ccc(O)cc1)c1ccc(OC(=O)Oc2ccccc2)cc1. The molecule has 0 atom stereocenters. The summed E-state index contributed by atoms with van der Waals surface area (Å²) >= 11 is 0. The van der Waals surface area contributed by atoms with Gasteiger partial charge in [0.05, 0.1) is 0 Å². The maximum atomic E-state index is 11.8. The maximum absolute atomic E-state index is 11.8. The molecule has 0 spiro atoms. The number of carbonyl (C=O) groups is 1. The fourth-order valence-corrected chi connectivity index (χ4v) is 2.69. The Morgan fingerprint density at radius 2 is 1.19 bits per heavy atom. The first-order valence-corrected chi connectivity index (χ1v) is 8.30. The van der Waals surface area contributed by atoms with Gasteiger partial charge in [0.1, 0.15) is 17.2 Å². The fraction of sp³-hybridized carbons (Fsp3) is 0.136. The van der Waals surface area contributed by atoms with E-state index in [1.165, 1.54) is 0 Å². The van der Waals surface area contributed by atoms with E-state index in [1.54, 1.807) is 48.5 Å². The molecule has 3 aromatic rings. The predicted octanol–water partition coefficient (Wildman–Crippen LogP) is 5.30. The predicted molar refractivity (Wildman–Crippen MR) is 99.8 cm³/mol. The minimum Gasteiger partial charge on any atom is -0.508 e. The Labute approximate surface area is 152 Å². The Kier molecular flexibility index (Phi) is 4.94. The van der Waals surface area contributed by atoms with Crippen LogP contribution in [0.25, 0.3) is 0 Å². The smallest absolute Gasteiger partial charge is 0.508 e. The molecule has 0 aliphatic heterocycles. The highest BCUT2D eigenvalue weighted by Gasteiger charge is 2.23. The van der Waals surface area contributed by atoms with E-state index in [4.69, 9.17) is 9.47 Å². The summed E-state index contributed by atoms with van der Waals surface area (Å²) in [5.74, 6) is 1.09. The zero-order valence-corrected chi connectivity index (χ0v) is 14.7. The second-order valence-electron chi connectivity index (χ2n) is 6.46. The van der Waals surface area contributed by atoms with Crippen LogP contribution in [0.15, 0.2) is 78.9 Å². The van der Waals surface area contributed by atoms with E-state index in [2.05, 4.69) is 13.8 Å². The molecule has 0 unspecified atom stereocenters. The monoisotopic (exact) mass is 348 g/mol. The molecule has 132 valence electrons. The van der Waals surface area contributed by atoms with Crippen molar-refractivity contribution in [3.63, 3.8) is 0 Å². The molecule has 4 heteroatoms.